The third-order valence-corrected chi connectivity index (χ3v) is 4.82. The second-order valence-electron chi connectivity index (χ2n) is 5.59. The van der Waals surface area contributed by atoms with Gasteiger partial charge in [-0.25, -0.2) is 4.83 Å². The molecule has 0 aromatic heterocycles. The van der Waals surface area contributed by atoms with Crippen molar-refractivity contribution in [2.75, 3.05) is 0 Å². The van der Waals surface area contributed by atoms with Crippen molar-refractivity contribution in [3.63, 3.8) is 0 Å². The van der Waals surface area contributed by atoms with E-state index in [4.69, 9.17) is 4.74 Å². The van der Waals surface area contributed by atoms with E-state index in [0.717, 1.165) is 0 Å². The number of nitrogens with zero attached hydrogens (tertiary/aromatic N) is 2. The van der Waals surface area contributed by atoms with E-state index in [1.54, 1.807) is 18.2 Å². The van der Waals surface area contributed by atoms with Crippen LogP contribution in [0.1, 0.15) is 5.56 Å². The number of rotatable bonds is 7. The van der Waals surface area contributed by atoms with Gasteiger partial charge in [-0.05, 0) is 36.4 Å². The molecule has 0 atom stereocenters. The van der Waals surface area contributed by atoms with E-state index >= 15 is 0 Å². The summed E-state index contributed by atoms with van der Waals surface area (Å²) in [5, 5.41) is 14.4. The first-order chi connectivity index (χ1) is 13.4. The molecule has 0 bridgehead atoms. The number of sulfonamides is 1. The van der Waals surface area contributed by atoms with Gasteiger partial charge in [0.15, 0.2) is 0 Å². The Bertz CT molecular complexity index is 1100. The first-order valence-corrected chi connectivity index (χ1v) is 9.55. The lowest BCUT2D eigenvalue weighted by Crippen LogP contribution is -2.18. The average molecular weight is 397 g/mol. The van der Waals surface area contributed by atoms with Crippen LogP contribution in [0.4, 0.5) is 5.69 Å². The Labute approximate surface area is 161 Å². The SMILES string of the molecule is O=[N+]([O-])c1cccc(/C=N/NS(=O)(=O)c2ccc(Oc3ccccc3)cc2)c1. The molecular formula is C19H15N3O5S. The summed E-state index contributed by atoms with van der Waals surface area (Å²) in [4.78, 5) is 12.3. The number of hydrazone groups is 1. The normalized spacial score (nSPS) is 11.3. The summed E-state index contributed by atoms with van der Waals surface area (Å²) in [6.07, 6.45) is 1.19. The summed E-state index contributed by atoms with van der Waals surface area (Å²) in [7, 11) is -3.88. The van der Waals surface area contributed by atoms with Gasteiger partial charge < -0.3 is 4.74 Å². The molecular weight excluding hydrogens is 382 g/mol. The van der Waals surface area contributed by atoms with Crippen LogP contribution in [-0.4, -0.2) is 19.6 Å². The summed E-state index contributed by atoms with van der Waals surface area (Å²) in [5.41, 5.74) is 0.282. The maximum atomic E-state index is 12.3. The molecule has 0 radical (unpaired) electrons. The predicted octanol–water partition coefficient (Wildman–Crippen LogP) is 3.70. The van der Waals surface area contributed by atoms with Crippen LogP contribution < -0.4 is 9.57 Å². The number of benzene rings is 3. The van der Waals surface area contributed by atoms with E-state index in [1.165, 1.54) is 48.7 Å². The largest absolute Gasteiger partial charge is 0.457 e. The molecule has 0 aliphatic rings. The number of nitrogens with one attached hydrogen (secondary N) is 1. The molecule has 0 spiro atoms. The van der Waals surface area contributed by atoms with Gasteiger partial charge in [-0.15, -0.1) is 0 Å². The Morgan fingerprint density at radius 3 is 2.29 bits per heavy atom. The minimum absolute atomic E-state index is 0.00380. The molecule has 28 heavy (non-hydrogen) atoms. The maximum absolute atomic E-state index is 12.3. The number of nitro benzene ring substituents is 1. The van der Waals surface area contributed by atoms with Gasteiger partial charge in [-0.1, -0.05) is 30.3 Å². The number of nitro groups is 1. The molecule has 0 amide bonds. The van der Waals surface area contributed by atoms with Crippen molar-refractivity contribution in [2.24, 2.45) is 5.10 Å². The lowest BCUT2D eigenvalue weighted by atomic mass is 10.2. The molecule has 142 valence electrons. The molecule has 1 N–H and O–H groups in total. The highest BCUT2D eigenvalue weighted by molar-refractivity contribution is 7.89. The Balaban J connectivity index is 1.67. The van der Waals surface area contributed by atoms with E-state index in [9.17, 15) is 18.5 Å². The number of hydrogen-bond acceptors (Lipinski definition) is 6. The van der Waals surface area contributed by atoms with Crippen molar-refractivity contribution in [1.29, 1.82) is 0 Å². The van der Waals surface area contributed by atoms with Gasteiger partial charge in [0.2, 0.25) is 0 Å². The fourth-order valence-corrected chi connectivity index (χ4v) is 3.04. The van der Waals surface area contributed by atoms with Crippen molar-refractivity contribution >= 4 is 21.9 Å². The average Bonchev–Trinajstić information content (AvgIpc) is 2.69. The fraction of sp³-hybridized carbons (Fsp3) is 0. The molecule has 3 aromatic rings. The van der Waals surface area contributed by atoms with Gasteiger partial charge >= 0.3 is 0 Å². The van der Waals surface area contributed by atoms with Gasteiger partial charge in [0.05, 0.1) is 16.0 Å². The second-order valence-corrected chi connectivity index (χ2v) is 7.25. The molecule has 3 rings (SSSR count). The van der Waals surface area contributed by atoms with Crippen LogP contribution in [0.5, 0.6) is 11.5 Å². The first-order valence-electron chi connectivity index (χ1n) is 8.06. The zero-order chi connectivity index (χ0) is 20.0. The summed E-state index contributed by atoms with van der Waals surface area (Å²) < 4.78 is 30.2. The lowest BCUT2D eigenvalue weighted by Gasteiger charge is -2.07. The first kappa shape index (κ1) is 19.1. The van der Waals surface area contributed by atoms with Crippen LogP contribution in [0.15, 0.2) is 88.9 Å². The van der Waals surface area contributed by atoms with Gasteiger partial charge in [-0.3, -0.25) is 10.1 Å². The Morgan fingerprint density at radius 1 is 0.929 bits per heavy atom. The second kappa shape index (κ2) is 8.31. The minimum Gasteiger partial charge on any atom is -0.457 e. The highest BCUT2D eigenvalue weighted by Gasteiger charge is 2.13. The fourth-order valence-electron chi connectivity index (χ4n) is 2.25. The van der Waals surface area contributed by atoms with Crippen molar-refractivity contribution in [3.8, 4) is 11.5 Å². The summed E-state index contributed by atoms with van der Waals surface area (Å²) in [5.74, 6) is 1.13. The van der Waals surface area contributed by atoms with Crippen molar-refractivity contribution in [3.05, 3.63) is 94.5 Å². The Kier molecular flexibility index (Phi) is 5.66. The van der Waals surface area contributed by atoms with Crippen molar-refractivity contribution in [2.45, 2.75) is 4.90 Å². The van der Waals surface area contributed by atoms with E-state index < -0.39 is 14.9 Å². The number of hydrogen-bond donors (Lipinski definition) is 1. The molecule has 0 aliphatic heterocycles. The Morgan fingerprint density at radius 2 is 1.61 bits per heavy atom. The van der Waals surface area contributed by atoms with Crippen molar-refractivity contribution in [1.82, 2.24) is 4.83 Å². The standard InChI is InChI=1S/C19H15N3O5S/c23-22(24)16-6-4-5-15(13-16)14-20-21-28(25,26)19-11-9-18(10-12-19)27-17-7-2-1-3-8-17/h1-14,21H/b20-14+. The molecule has 0 saturated heterocycles. The van der Waals surface area contributed by atoms with Gasteiger partial charge in [0, 0.05) is 17.7 Å². The molecule has 0 fully saturated rings. The zero-order valence-corrected chi connectivity index (χ0v) is 15.2. The number of non-ortho nitro benzene ring substituents is 1. The summed E-state index contributed by atoms with van der Waals surface area (Å²) in [6, 6.07) is 20.6. The number of ether oxygens (including phenoxy) is 1. The van der Waals surface area contributed by atoms with E-state index in [1.807, 2.05) is 18.2 Å². The lowest BCUT2D eigenvalue weighted by molar-refractivity contribution is -0.384. The molecule has 0 heterocycles. The van der Waals surface area contributed by atoms with E-state index in [2.05, 4.69) is 9.93 Å². The van der Waals surface area contributed by atoms with E-state index in [0.29, 0.717) is 17.1 Å². The molecule has 0 unspecified atom stereocenters. The third kappa shape index (κ3) is 4.92. The van der Waals surface area contributed by atoms with Crippen LogP contribution in [-0.2, 0) is 10.0 Å². The van der Waals surface area contributed by atoms with Gasteiger partial charge in [0.1, 0.15) is 11.5 Å². The highest BCUT2D eigenvalue weighted by atomic mass is 32.2. The number of para-hydroxylation sites is 1. The smallest absolute Gasteiger partial charge is 0.276 e. The topological polar surface area (TPSA) is 111 Å². The molecule has 3 aromatic carbocycles. The van der Waals surface area contributed by atoms with E-state index in [-0.39, 0.29) is 10.6 Å². The molecule has 0 aliphatic carbocycles. The quantitative estimate of drug-likeness (QED) is 0.371. The van der Waals surface area contributed by atoms with Crippen LogP contribution in [0.2, 0.25) is 0 Å². The van der Waals surface area contributed by atoms with Crippen LogP contribution in [0, 0.1) is 10.1 Å². The Hall–Kier alpha value is -3.72. The third-order valence-electron chi connectivity index (χ3n) is 3.58. The molecule has 8 nitrogen and oxygen atoms in total. The zero-order valence-electron chi connectivity index (χ0n) is 14.4. The van der Waals surface area contributed by atoms with Crippen molar-refractivity contribution < 1.29 is 18.1 Å². The molecule has 0 saturated carbocycles. The minimum atomic E-state index is -3.88. The predicted molar refractivity (Wildman–Crippen MR) is 104 cm³/mol. The summed E-state index contributed by atoms with van der Waals surface area (Å²) in [6.45, 7) is 0. The highest BCUT2D eigenvalue weighted by Crippen LogP contribution is 2.22. The van der Waals surface area contributed by atoms with Crippen LogP contribution in [0.25, 0.3) is 0 Å². The maximum Gasteiger partial charge on any atom is 0.276 e. The van der Waals surface area contributed by atoms with Crippen LogP contribution in [0.3, 0.4) is 0 Å². The monoisotopic (exact) mass is 397 g/mol. The summed E-state index contributed by atoms with van der Waals surface area (Å²) >= 11 is 0. The van der Waals surface area contributed by atoms with Gasteiger partial charge in [-0.2, -0.15) is 13.5 Å². The van der Waals surface area contributed by atoms with Crippen LogP contribution >= 0.6 is 0 Å². The van der Waals surface area contributed by atoms with Gasteiger partial charge in [0.25, 0.3) is 15.7 Å². The molecule has 9 heteroatoms.